The Kier molecular flexibility index (Phi) is 3.61. The fraction of sp³-hybridized carbons (Fsp3) is 0.0667. The molecule has 2 aromatic carbocycles. The van der Waals surface area contributed by atoms with Crippen molar-refractivity contribution in [1.29, 1.82) is 0 Å². The number of hydrogen-bond acceptors (Lipinski definition) is 4. The van der Waals surface area contributed by atoms with Crippen LogP contribution in [0.15, 0.2) is 48.8 Å². The molecule has 0 aliphatic carbocycles. The molecule has 0 unspecified atom stereocenters. The molecule has 0 bridgehead atoms. The minimum Gasteiger partial charge on any atom is -0.319 e. The van der Waals surface area contributed by atoms with Gasteiger partial charge in [0.1, 0.15) is 12.1 Å². The molecule has 1 heterocycles. The maximum Gasteiger partial charge on any atom is 0.257 e. The molecule has 6 nitrogen and oxygen atoms in total. The number of carbonyl (C=O) groups is 1. The lowest BCUT2D eigenvalue weighted by Crippen LogP contribution is -2.16. The van der Waals surface area contributed by atoms with Gasteiger partial charge in [-0.3, -0.25) is 4.79 Å². The highest BCUT2D eigenvalue weighted by Gasteiger charge is 2.15. The number of aromatic nitrogens is 4. The molecule has 0 fully saturated rings. The molecule has 0 aliphatic heterocycles. The van der Waals surface area contributed by atoms with Crippen LogP contribution in [0.2, 0.25) is 0 Å². The van der Waals surface area contributed by atoms with E-state index in [1.165, 1.54) is 23.1 Å². The Bertz CT molecular complexity index is 817. The highest BCUT2D eigenvalue weighted by atomic mass is 19.1. The van der Waals surface area contributed by atoms with Crippen molar-refractivity contribution in [1.82, 2.24) is 20.2 Å². The maximum atomic E-state index is 13.8. The fourth-order valence-electron chi connectivity index (χ4n) is 2.05. The zero-order valence-electron chi connectivity index (χ0n) is 11.7. The van der Waals surface area contributed by atoms with Gasteiger partial charge in [0.05, 0.1) is 16.9 Å². The van der Waals surface area contributed by atoms with Gasteiger partial charge in [-0.05, 0) is 47.2 Å². The number of hydrogen-bond donors (Lipinski definition) is 1. The molecular formula is C15H12FN5O. The third-order valence-electron chi connectivity index (χ3n) is 3.12. The first-order valence-corrected chi connectivity index (χ1v) is 6.55. The Balaban J connectivity index is 1.93. The quantitative estimate of drug-likeness (QED) is 0.805. The van der Waals surface area contributed by atoms with E-state index in [0.29, 0.717) is 11.3 Å². The summed E-state index contributed by atoms with van der Waals surface area (Å²) < 4.78 is 15.2. The topological polar surface area (TPSA) is 72.7 Å². The number of aryl methyl sites for hydroxylation is 1. The first kappa shape index (κ1) is 13.9. The molecule has 22 heavy (non-hydrogen) atoms. The number of para-hydroxylation sites is 1. The third kappa shape index (κ3) is 2.69. The van der Waals surface area contributed by atoms with Crippen molar-refractivity contribution >= 4 is 11.6 Å². The van der Waals surface area contributed by atoms with E-state index in [-0.39, 0.29) is 5.69 Å². The number of amides is 1. The number of halogens is 1. The van der Waals surface area contributed by atoms with E-state index in [1.807, 2.05) is 0 Å². The Morgan fingerprint density at radius 3 is 2.77 bits per heavy atom. The molecule has 0 saturated heterocycles. The molecule has 0 aliphatic rings. The van der Waals surface area contributed by atoms with Gasteiger partial charge in [-0.15, -0.1) is 5.10 Å². The normalized spacial score (nSPS) is 10.5. The summed E-state index contributed by atoms with van der Waals surface area (Å²) in [5.74, 6) is -0.915. The number of carbonyl (C=O) groups excluding carboxylic acids is 1. The van der Waals surface area contributed by atoms with Crippen molar-refractivity contribution in [2.45, 2.75) is 6.92 Å². The Hall–Kier alpha value is -3.09. The number of tetrazole rings is 1. The van der Waals surface area contributed by atoms with Gasteiger partial charge in [0, 0.05) is 0 Å². The molecule has 7 heteroatoms. The summed E-state index contributed by atoms with van der Waals surface area (Å²) in [5.41, 5.74) is 1.76. The largest absolute Gasteiger partial charge is 0.319 e. The second-order valence-corrected chi connectivity index (χ2v) is 4.71. The lowest BCUT2D eigenvalue weighted by molar-refractivity contribution is 0.102. The standard InChI is InChI=1S/C15H12FN5O/c1-10-6-7-13(12(16)8-10)18-15(22)11-4-2-3-5-14(11)21-9-17-19-20-21/h2-9H,1H3,(H,18,22). The van der Waals surface area contributed by atoms with Gasteiger partial charge in [-0.1, -0.05) is 18.2 Å². The Labute approximate surface area is 125 Å². The average Bonchev–Trinajstić information content (AvgIpc) is 3.04. The van der Waals surface area contributed by atoms with E-state index >= 15 is 0 Å². The summed E-state index contributed by atoms with van der Waals surface area (Å²) in [5, 5.41) is 13.4. The van der Waals surface area contributed by atoms with E-state index in [4.69, 9.17) is 0 Å². The predicted molar refractivity (Wildman–Crippen MR) is 78.2 cm³/mol. The first-order chi connectivity index (χ1) is 10.6. The molecule has 110 valence electrons. The van der Waals surface area contributed by atoms with Crippen molar-refractivity contribution in [2.24, 2.45) is 0 Å². The molecule has 1 N–H and O–H groups in total. The van der Waals surface area contributed by atoms with Crippen LogP contribution in [0, 0.1) is 12.7 Å². The Morgan fingerprint density at radius 1 is 1.23 bits per heavy atom. The van der Waals surface area contributed by atoms with Crippen molar-refractivity contribution in [3.05, 3.63) is 65.7 Å². The minimum absolute atomic E-state index is 0.127. The van der Waals surface area contributed by atoms with Crippen LogP contribution in [0.25, 0.3) is 5.69 Å². The minimum atomic E-state index is -0.478. The fourth-order valence-corrected chi connectivity index (χ4v) is 2.05. The van der Waals surface area contributed by atoms with Crippen LogP contribution in [0.4, 0.5) is 10.1 Å². The lowest BCUT2D eigenvalue weighted by atomic mass is 10.1. The van der Waals surface area contributed by atoms with Gasteiger partial charge >= 0.3 is 0 Å². The predicted octanol–water partition coefficient (Wildman–Crippen LogP) is 2.36. The molecule has 0 saturated carbocycles. The first-order valence-electron chi connectivity index (χ1n) is 6.55. The summed E-state index contributed by atoms with van der Waals surface area (Å²) in [6, 6.07) is 11.4. The van der Waals surface area contributed by atoms with Crippen LogP contribution < -0.4 is 5.32 Å². The number of benzene rings is 2. The van der Waals surface area contributed by atoms with Gasteiger partial charge in [0.15, 0.2) is 0 Å². The monoisotopic (exact) mass is 297 g/mol. The number of nitrogens with zero attached hydrogens (tertiary/aromatic N) is 4. The van der Waals surface area contributed by atoms with Crippen LogP contribution >= 0.6 is 0 Å². The summed E-state index contributed by atoms with van der Waals surface area (Å²) in [7, 11) is 0. The summed E-state index contributed by atoms with van der Waals surface area (Å²) in [4.78, 5) is 12.4. The summed E-state index contributed by atoms with van der Waals surface area (Å²) in [6.07, 6.45) is 1.39. The molecule has 0 spiro atoms. The van der Waals surface area contributed by atoms with Crippen LogP contribution in [0.1, 0.15) is 15.9 Å². The van der Waals surface area contributed by atoms with E-state index in [9.17, 15) is 9.18 Å². The SMILES string of the molecule is Cc1ccc(NC(=O)c2ccccc2-n2cnnn2)c(F)c1. The van der Waals surface area contributed by atoms with Gasteiger partial charge in [0.25, 0.3) is 5.91 Å². The van der Waals surface area contributed by atoms with Crippen LogP contribution in [0.3, 0.4) is 0 Å². The second-order valence-electron chi connectivity index (χ2n) is 4.71. The van der Waals surface area contributed by atoms with Crippen LogP contribution in [0.5, 0.6) is 0 Å². The van der Waals surface area contributed by atoms with Gasteiger partial charge in [-0.25, -0.2) is 4.39 Å². The zero-order chi connectivity index (χ0) is 15.5. The smallest absolute Gasteiger partial charge is 0.257 e. The highest BCUT2D eigenvalue weighted by molar-refractivity contribution is 6.06. The molecule has 1 amide bonds. The van der Waals surface area contributed by atoms with Crippen molar-refractivity contribution in [2.75, 3.05) is 5.32 Å². The van der Waals surface area contributed by atoms with E-state index in [0.717, 1.165) is 5.56 Å². The van der Waals surface area contributed by atoms with E-state index in [2.05, 4.69) is 20.8 Å². The van der Waals surface area contributed by atoms with E-state index in [1.54, 1.807) is 37.3 Å². The number of anilines is 1. The van der Waals surface area contributed by atoms with Gasteiger partial charge < -0.3 is 5.32 Å². The second kappa shape index (κ2) is 5.72. The summed E-state index contributed by atoms with van der Waals surface area (Å²) in [6.45, 7) is 1.78. The molecule has 3 rings (SSSR count). The molecular weight excluding hydrogens is 285 g/mol. The Morgan fingerprint density at radius 2 is 2.05 bits per heavy atom. The third-order valence-corrected chi connectivity index (χ3v) is 3.12. The average molecular weight is 297 g/mol. The lowest BCUT2D eigenvalue weighted by Gasteiger charge is -2.10. The van der Waals surface area contributed by atoms with Gasteiger partial charge in [0.2, 0.25) is 0 Å². The number of rotatable bonds is 3. The molecule has 0 atom stereocenters. The maximum absolute atomic E-state index is 13.8. The van der Waals surface area contributed by atoms with Crippen molar-refractivity contribution in [3.8, 4) is 5.69 Å². The van der Waals surface area contributed by atoms with Crippen LogP contribution in [-0.4, -0.2) is 26.1 Å². The van der Waals surface area contributed by atoms with Crippen molar-refractivity contribution < 1.29 is 9.18 Å². The summed E-state index contributed by atoms with van der Waals surface area (Å²) >= 11 is 0. The molecule has 3 aromatic rings. The molecule has 0 radical (unpaired) electrons. The zero-order valence-corrected chi connectivity index (χ0v) is 11.7. The molecule has 1 aromatic heterocycles. The highest BCUT2D eigenvalue weighted by Crippen LogP contribution is 2.18. The van der Waals surface area contributed by atoms with Gasteiger partial charge in [-0.2, -0.15) is 4.68 Å². The van der Waals surface area contributed by atoms with Crippen molar-refractivity contribution in [3.63, 3.8) is 0 Å². The van der Waals surface area contributed by atoms with E-state index < -0.39 is 11.7 Å². The van der Waals surface area contributed by atoms with Crippen LogP contribution in [-0.2, 0) is 0 Å². The number of nitrogens with one attached hydrogen (secondary N) is 1.